The van der Waals surface area contributed by atoms with Gasteiger partial charge in [0.15, 0.2) is 0 Å². The van der Waals surface area contributed by atoms with Gasteiger partial charge >= 0.3 is 5.97 Å². The summed E-state index contributed by atoms with van der Waals surface area (Å²) >= 11 is 0. The first-order valence-corrected chi connectivity index (χ1v) is 6.73. The molecule has 5 heteroatoms. The lowest BCUT2D eigenvalue weighted by Crippen LogP contribution is -2.36. The number of ether oxygens (including phenoxy) is 1. The van der Waals surface area contributed by atoms with E-state index in [-0.39, 0.29) is 17.8 Å². The lowest BCUT2D eigenvalue weighted by molar-refractivity contribution is -0.159. The van der Waals surface area contributed by atoms with E-state index in [0.717, 1.165) is 5.56 Å². The molecule has 1 amide bonds. The average molecular weight is 280 g/mol. The van der Waals surface area contributed by atoms with Crippen LogP contribution in [0.5, 0.6) is 0 Å². The molecular weight excluding hydrogens is 256 g/mol. The maximum Gasteiger partial charge on any atom is 0.310 e. The van der Waals surface area contributed by atoms with Crippen LogP contribution in [0.25, 0.3) is 0 Å². The topological polar surface area (TPSA) is 62.4 Å². The quantitative estimate of drug-likeness (QED) is 0.861. The number of aryl methyl sites for hydroxylation is 1. The molecule has 0 bridgehead atoms. The van der Waals surface area contributed by atoms with E-state index >= 15 is 0 Å². The molecule has 0 aromatic carbocycles. The number of carbonyl (C=O) groups excluding carboxylic acids is 2. The molecular formula is C15H24N2O3. The Morgan fingerprint density at radius 3 is 2.40 bits per heavy atom. The van der Waals surface area contributed by atoms with Crippen LogP contribution in [0.15, 0.2) is 12.4 Å². The molecule has 1 N–H and O–H groups in total. The summed E-state index contributed by atoms with van der Waals surface area (Å²) in [6.45, 7) is 9.45. The second-order valence-corrected chi connectivity index (χ2v) is 6.17. The molecule has 1 aromatic rings. The van der Waals surface area contributed by atoms with E-state index in [1.807, 2.05) is 27.7 Å². The Labute approximate surface area is 120 Å². The third-order valence-corrected chi connectivity index (χ3v) is 2.89. The smallest absolute Gasteiger partial charge is 0.310 e. The number of hydrogen-bond donors (Lipinski definition) is 1. The summed E-state index contributed by atoms with van der Waals surface area (Å²) in [7, 11) is 1.69. The van der Waals surface area contributed by atoms with E-state index in [1.165, 1.54) is 0 Å². The maximum absolute atomic E-state index is 12.2. The summed E-state index contributed by atoms with van der Waals surface area (Å²) in [4.78, 5) is 28.6. The molecule has 1 atom stereocenters. The highest BCUT2D eigenvalue weighted by molar-refractivity contribution is 5.95. The van der Waals surface area contributed by atoms with Gasteiger partial charge < -0.3 is 14.6 Å². The first kappa shape index (κ1) is 16.3. The van der Waals surface area contributed by atoms with E-state index in [0.29, 0.717) is 12.1 Å². The van der Waals surface area contributed by atoms with Crippen LogP contribution in [0.3, 0.4) is 0 Å². The second kappa shape index (κ2) is 6.11. The van der Waals surface area contributed by atoms with Crippen LogP contribution in [0.1, 0.15) is 43.6 Å². The lowest BCUT2D eigenvalue weighted by atomic mass is 10.1. The molecule has 1 aromatic heterocycles. The Bertz CT molecular complexity index is 486. The monoisotopic (exact) mass is 280 g/mol. The number of aromatic nitrogens is 1. The molecule has 20 heavy (non-hydrogen) atoms. The van der Waals surface area contributed by atoms with Gasteiger partial charge in [-0.15, -0.1) is 0 Å². The van der Waals surface area contributed by atoms with E-state index in [1.54, 1.807) is 31.3 Å². The summed E-state index contributed by atoms with van der Waals surface area (Å²) in [5.41, 5.74) is 1.01. The zero-order valence-corrected chi connectivity index (χ0v) is 13.1. The number of amides is 1. The van der Waals surface area contributed by atoms with Crippen molar-refractivity contribution in [1.29, 1.82) is 0 Å². The first-order valence-electron chi connectivity index (χ1n) is 6.73. The van der Waals surface area contributed by atoms with Crippen LogP contribution >= 0.6 is 0 Å². The van der Waals surface area contributed by atoms with Crippen molar-refractivity contribution in [2.45, 2.75) is 40.2 Å². The number of aromatic amines is 1. The average Bonchev–Trinajstić information content (AvgIpc) is 2.72. The molecule has 0 spiro atoms. The second-order valence-electron chi connectivity index (χ2n) is 6.17. The minimum atomic E-state index is -0.509. The Balaban J connectivity index is 2.62. The van der Waals surface area contributed by atoms with Gasteiger partial charge in [-0.05, 0) is 33.3 Å². The first-order chi connectivity index (χ1) is 9.11. The molecule has 1 unspecified atom stereocenters. The summed E-state index contributed by atoms with van der Waals surface area (Å²) in [6.07, 6.45) is 3.45. The zero-order valence-electron chi connectivity index (χ0n) is 13.1. The Hall–Kier alpha value is -1.78. The summed E-state index contributed by atoms with van der Waals surface area (Å²) < 4.78 is 5.31. The molecule has 0 saturated carbocycles. The van der Waals surface area contributed by atoms with Gasteiger partial charge in [-0.1, -0.05) is 6.92 Å². The maximum atomic E-state index is 12.2. The van der Waals surface area contributed by atoms with Crippen molar-refractivity contribution >= 4 is 11.9 Å². The fourth-order valence-corrected chi connectivity index (χ4v) is 1.85. The normalized spacial score (nSPS) is 12.9. The highest BCUT2D eigenvalue weighted by atomic mass is 16.6. The SMILES string of the molecule is Cc1c[nH]cc1C(=O)N(C)CC(C)C(=O)OC(C)(C)C. The summed E-state index contributed by atoms with van der Waals surface area (Å²) in [5, 5.41) is 0. The number of esters is 1. The number of nitrogens with zero attached hydrogens (tertiary/aromatic N) is 1. The van der Waals surface area contributed by atoms with E-state index in [4.69, 9.17) is 4.74 Å². The van der Waals surface area contributed by atoms with E-state index < -0.39 is 5.60 Å². The van der Waals surface area contributed by atoms with Crippen LogP contribution in [0, 0.1) is 12.8 Å². The van der Waals surface area contributed by atoms with Crippen molar-refractivity contribution in [2.24, 2.45) is 5.92 Å². The molecule has 0 aliphatic carbocycles. The molecule has 0 radical (unpaired) electrons. The van der Waals surface area contributed by atoms with Crippen molar-refractivity contribution in [1.82, 2.24) is 9.88 Å². The molecule has 5 nitrogen and oxygen atoms in total. The van der Waals surface area contributed by atoms with Crippen LogP contribution in [-0.2, 0) is 9.53 Å². The van der Waals surface area contributed by atoms with Crippen LogP contribution in [0.2, 0.25) is 0 Å². The van der Waals surface area contributed by atoms with Crippen molar-refractivity contribution in [3.8, 4) is 0 Å². The Morgan fingerprint density at radius 1 is 1.35 bits per heavy atom. The highest BCUT2D eigenvalue weighted by Gasteiger charge is 2.25. The van der Waals surface area contributed by atoms with Gasteiger partial charge in [0.05, 0.1) is 11.5 Å². The third kappa shape index (κ3) is 4.40. The third-order valence-electron chi connectivity index (χ3n) is 2.89. The van der Waals surface area contributed by atoms with Gasteiger partial charge in [0.25, 0.3) is 5.91 Å². The molecule has 112 valence electrons. The molecule has 1 heterocycles. The molecule has 0 fully saturated rings. The number of hydrogen-bond acceptors (Lipinski definition) is 3. The zero-order chi connectivity index (χ0) is 15.5. The van der Waals surface area contributed by atoms with Crippen molar-refractivity contribution in [3.05, 3.63) is 23.5 Å². The number of nitrogens with one attached hydrogen (secondary N) is 1. The standard InChI is InChI=1S/C15H24N2O3/c1-10-7-16-8-12(10)13(18)17(6)9-11(2)14(19)20-15(3,4)5/h7-8,11,16H,9H2,1-6H3. The molecule has 1 rings (SSSR count). The van der Waals surface area contributed by atoms with Crippen LogP contribution in [0.4, 0.5) is 0 Å². The molecule has 0 saturated heterocycles. The largest absolute Gasteiger partial charge is 0.460 e. The predicted octanol–water partition coefficient (Wildman–Crippen LogP) is 2.37. The van der Waals surface area contributed by atoms with Gasteiger partial charge in [0.2, 0.25) is 0 Å². The van der Waals surface area contributed by atoms with Crippen molar-refractivity contribution < 1.29 is 14.3 Å². The summed E-state index contributed by atoms with van der Waals surface area (Å²) in [5.74, 6) is -0.746. The van der Waals surface area contributed by atoms with Crippen molar-refractivity contribution in [3.63, 3.8) is 0 Å². The summed E-state index contributed by atoms with van der Waals surface area (Å²) in [6, 6.07) is 0. The Morgan fingerprint density at radius 2 is 1.95 bits per heavy atom. The number of rotatable bonds is 4. The minimum Gasteiger partial charge on any atom is -0.460 e. The lowest BCUT2D eigenvalue weighted by Gasteiger charge is -2.25. The number of carbonyl (C=O) groups is 2. The minimum absolute atomic E-state index is 0.0980. The van der Waals surface area contributed by atoms with Gasteiger partial charge in [-0.3, -0.25) is 9.59 Å². The Kier molecular flexibility index (Phi) is 4.98. The predicted molar refractivity (Wildman–Crippen MR) is 77.5 cm³/mol. The molecule has 0 aliphatic rings. The highest BCUT2D eigenvalue weighted by Crippen LogP contribution is 2.14. The fraction of sp³-hybridized carbons (Fsp3) is 0.600. The molecule has 0 aliphatic heterocycles. The number of H-pyrrole nitrogens is 1. The van der Waals surface area contributed by atoms with E-state index in [2.05, 4.69) is 4.98 Å². The van der Waals surface area contributed by atoms with Gasteiger partial charge in [0.1, 0.15) is 5.60 Å². The van der Waals surface area contributed by atoms with Gasteiger partial charge in [0, 0.05) is 26.0 Å². The fourth-order valence-electron chi connectivity index (χ4n) is 1.85. The van der Waals surface area contributed by atoms with Crippen LogP contribution in [-0.4, -0.2) is 41.0 Å². The van der Waals surface area contributed by atoms with Gasteiger partial charge in [-0.2, -0.15) is 0 Å². The van der Waals surface area contributed by atoms with Crippen LogP contribution < -0.4 is 0 Å². The van der Waals surface area contributed by atoms with E-state index in [9.17, 15) is 9.59 Å². The van der Waals surface area contributed by atoms with Crippen molar-refractivity contribution in [2.75, 3.05) is 13.6 Å². The van der Waals surface area contributed by atoms with Gasteiger partial charge in [-0.25, -0.2) is 0 Å².